The van der Waals surface area contributed by atoms with Crippen LogP contribution in [0.4, 0.5) is 18.0 Å². The molecule has 0 bridgehead atoms. The molecule has 1 amide bonds. The van der Waals surface area contributed by atoms with Gasteiger partial charge in [-0.05, 0) is 67.5 Å². The third kappa shape index (κ3) is 4.46. The Labute approximate surface area is 217 Å². The Morgan fingerprint density at radius 3 is 2.71 bits per heavy atom. The first-order valence-electron chi connectivity index (χ1n) is 13.2. The molecule has 2 saturated heterocycles. The van der Waals surface area contributed by atoms with E-state index in [0.29, 0.717) is 42.2 Å². The van der Waals surface area contributed by atoms with E-state index in [-0.39, 0.29) is 5.92 Å². The fourth-order valence-corrected chi connectivity index (χ4v) is 6.06. The van der Waals surface area contributed by atoms with Crippen LogP contribution < -0.4 is 11.0 Å². The van der Waals surface area contributed by atoms with Crippen LogP contribution in [0.1, 0.15) is 55.7 Å². The molecule has 3 aromatic rings. The summed E-state index contributed by atoms with van der Waals surface area (Å²) in [6, 6.07) is 7.99. The summed E-state index contributed by atoms with van der Waals surface area (Å²) in [5.74, 6) is 0.643. The van der Waals surface area contributed by atoms with Crippen molar-refractivity contribution in [2.45, 2.75) is 57.3 Å². The number of hydrogen-bond donors (Lipinski definition) is 1. The van der Waals surface area contributed by atoms with E-state index >= 15 is 0 Å². The van der Waals surface area contributed by atoms with Crippen LogP contribution in [0.5, 0.6) is 0 Å². The Balaban J connectivity index is 1.42. The molecule has 11 heteroatoms. The van der Waals surface area contributed by atoms with Crippen molar-refractivity contribution < 1.29 is 22.7 Å². The average Bonchev–Trinajstić information content (AvgIpc) is 3.68. The Hall–Kier alpha value is -3.34. The fourth-order valence-electron chi connectivity index (χ4n) is 6.06. The molecule has 3 aliphatic rings. The minimum Gasteiger partial charge on any atom is -0.438 e. The van der Waals surface area contributed by atoms with Gasteiger partial charge >= 0.3 is 18.0 Å². The summed E-state index contributed by atoms with van der Waals surface area (Å²) in [4.78, 5) is 27.7. The van der Waals surface area contributed by atoms with Crippen molar-refractivity contribution in [1.29, 1.82) is 0 Å². The number of benzene rings is 1. The van der Waals surface area contributed by atoms with Gasteiger partial charge in [0, 0.05) is 38.2 Å². The zero-order valence-corrected chi connectivity index (χ0v) is 21.1. The molecular formula is C27H30F3N5O3. The number of ether oxygens (including phenoxy) is 1. The van der Waals surface area contributed by atoms with E-state index in [2.05, 4.69) is 22.2 Å². The molecule has 1 saturated carbocycles. The normalized spacial score (nSPS) is 24.8. The number of pyridine rings is 1. The van der Waals surface area contributed by atoms with E-state index in [0.717, 1.165) is 53.9 Å². The number of rotatable bonds is 5. The molecule has 202 valence electrons. The van der Waals surface area contributed by atoms with Crippen LogP contribution in [0.2, 0.25) is 0 Å². The number of alkyl carbamates (subject to hydrolysis) is 1. The molecule has 0 radical (unpaired) electrons. The summed E-state index contributed by atoms with van der Waals surface area (Å²) >= 11 is 0. The van der Waals surface area contributed by atoms with E-state index in [9.17, 15) is 22.8 Å². The van der Waals surface area contributed by atoms with Crippen molar-refractivity contribution >= 4 is 11.7 Å². The lowest BCUT2D eigenvalue weighted by molar-refractivity contribution is -0.136. The number of carbonyl (C=O) groups excluding carboxylic acids is 1. The number of amides is 1. The Bertz CT molecular complexity index is 1440. The minimum absolute atomic E-state index is 0.165. The van der Waals surface area contributed by atoms with Crippen LogP contribution in [0.25, 0.3) is 11.3 Å². The van der Waals surface area contributed by atoms with Gasteiger partial charge in [-0.1, -0.05) is 19.1 Å². The highest BCUT2D eigenvalue weighted by molar-refractivity contribution is 5.69. The highest BCUT2D eigenvalue weighted by atomic mass is 19.4. The monoisotopic (exact) mass is 529 g/mol. The van der Waals surface area contributed by atoms with E-state index in [1.54, 1.807) is 18.2 Å². The zero-order chi connectivity index (χ0) is 26.7. The predicted molar refractivity (Wildman–Crippen MR) is 133 cm³/mol. The smallest absolute Gasteiger partial charge is 0.420 e. The summed E-state index contributed by atoms with van der Waals surface area (Å²) in [7, 11) is 0. The molecule has 1 N–H and O–H groups in total. The second-order valence-corrected chi connectivity index (χ2v) is 10.9. The number of hydrogen-bond acceptors (Lipinski definition) is 5. The third-order valence-electron chi connectivity index (χ3n) is 7.99. The Kier molecular flexibility index (Phi) is 6.01. The van der Waals surface area contributed by atoms with Crippen molar-refractivity contribution in [2.24, 2.45) is 11.8 Å². The lowest BCUT2D eigenvalue weighted by Gasteiger charge is -2.38. The number of nitrogens with zero attached hydrogens (tertiary/aromatic N) is 4. The third-order valence-corrected chi connectivity index (χ3v) is 7.99. The first-order valence-corrected chi connectivity index (χ1v) is 13.2. The number of aromatic nitrogens is 3. The standard InChI is InChI=1S/C27H30F3N5O3/c1-17-4-3-11-33(14-17)15-18-12-22(27(28,29)30)23-32-35(25(37)34(23)16-18)21-6-2-5-20(13-21)26(19-7-8-19)9-10-31-24(36)38-26/h2,5-6,12-13,16-17,19H,3-4,7-11,14-15H2,1H3,(H,31,36)/t17-,26+/m0/s1. The molecule has 6 rings (SSSR count). The summed E-state index contributed by atoms with van der Waals surface area (Å²) in [6.07, 6.45) is 0.804. The van der Waals surface area contributed by atoms with Crippen LogP contribution >= 0.6 is 0 Å². The van der Waals surface area contributed by atoms with Crippen LogP contribution in [-0.4, -0.2) is 44.8 Å². The molecule has 1 aliphatic carbocycles. The second kappa shape index (κ2) is 9.14. The molecule has 0 unspecified atom stereocenters. The molecule has 2 aromatic heterocycles. The summed E-state index contributed by atoms with van der Waals surface area (Å²) < 4.78 is 50.2. The van der Waals surface area contributed by atoms with E-state index < -0.39 is 34.8 Å². The number of nitrogens with one attached hydrogen (secondary N) is 1. The number of halogens is 3. The van der Waals surface area contributed by atoms with Gasteiger partial charge in [0.25, 0.3) is 0 Å². The highest BCUT2D eigenvalue weighted by Gasteiger charge is 2.51. The van der Waals surface area contributed by atoms with Gasteiger partial charge in [-0.25, -0.2) is 14.0 Å². The average molecular weight is 530 g/mol. The van der Waals surface area contributed by atoms with Gasteiger partial charge in [0.05, 0.1) is 5.69 Å². The zero-order valence-electron chi connectivity index (χ0n) is 21.1. The molecule has 8 nitrogen and oxygen atoms in total. The lowest BCUT2D eigenvalue weighted by atomic mass is 9.84. The maximum Gasteiger partial charge on any atom is 0.420 e. The molecule has 1 aromatic carbocycles. The van der Waals surface area contributed by atoms with Crippen LogP contribution in [0.3, 0.4) is 0 Å². The van der Waals surface area contributed by atoms with Gasteiger partial charge in [0.1, 0.15) is 11.2 Å². The van der Waals surface area contributed by atoms with Crippen LogP contribution in [0.15, 0.2) is 41.3 Å². The molecule has 3 fully saturated rings. The van der Waals surface area contributed by atoms with Gasteiger partial charge in [-0.2, -0.15) is 17.9 Å². The maximum absolute atomic E-state index is 14.1. The minimum atomic E-state index is -4.68. The van der Waals surface area contributed by atoms with Crippen molar-refractivity contribution in [3.05, 3.63) is 63.7 Å². The number of fused-ring (bicyclic) bond motifs is 1. The molecule has 4 heterocycles. The Morgan fingerprint density at radius 1 is 1.18 bits per heavy atom. The van der Waals surface area contributed by atoms with Gasteiger partial charge in [-0.15, -0.1) is 5.10 Å². The predicted octanol–water partition coefficient (Wildman–Crippen LogP) is 4.47. The topological polar surface area (TPSA) is 80.9 Å². The SMILES string of the molecule is C[C@H]1CCCN(Cc2cc(C(F)(F)F)c3nn(-c4cccc([C@]5(C6CC6)CCNC(=O)O5)c4)c(=O)n3c2)C1. The quantitative estimate of drug-likeness (QED) is 0.528. The van der Waals surface area contributed by atoms with Crippen molar-refractivity contribution in [3.63, 3.8) is 0 Å². The first kappa shape index (κ1) is 25.0. The van der Waals surface area contributed by atoms with Crippen molar-refractivity contribution in [3.8, 4) is 5.69 Å². The summed E-state index contributed by atoms with van der Waals surface area (Å²) in [5, 5.41) is 6.82. The lowest BCUT2D eigenvalue weighted by Crippen LogP contribution is -2.46. The molecular weight excluding hydrogens is 499 g/mol. The van der Waals surface area contributed by atoms with Gasteiger partial charge in [0.15, 0.2) is 5.65 Å². The number of piperidine rings is 1. The van der Waals surface area contributed by atoms with Gasteiger partial charge in [0.2, 0.25) is 0 Å². The van der Waals surface area contributed by atoms with E-state index in [4.69, 9.17) is 4.74 Å². The van der Waals surface area contributed by atoms with E-state index in [1.165, 1.54) is 6.20 Å². The largest absolute Gasteiger partial charge is 0.438 e. The summed E-state index contributed by atoms with van der Waals surface area (Å²) in [5.41, 5.74) is -1.42. The number of carbonyl (C=O) groups is 1. The van der Waals surface area contributed by atoms with E-state index in [1.807, 2.05) is 6.07 Å². The molecule has 2 aliphatic heterocycles. The Morgan fingerprint density at radius 2 is 2.00 bits per heavy atom. The number of alkyl halides is 3. The van der Waals surface area contributed by atoms with Gasteiger partial charge < -0.3 is 10.1 Å². The molecule has 2 atom stereocenters. The maximum atomic E-state index is 14.1. The van der Waals surface area contributed by atoms with Crippen molar-refractivity contribution in [1.82, 2.24) is 24.4 Å². The fraction of sp³-hybridized carbons (Fsp3) is 0.519. The van der Waals surface area contributed by atoms with Gasteiger partial charge in [-0.3, -0.25) is 4.90 Å². The number of likely N-dealkylation sites (tertiary alicyclic amines) is 1. The first-order chi connectivity index (χ1) is 18.1. The summed E-state index contributed by atoms with van der Waals surface area (Å²) in [6.45, 7) is 4.55. The molecule has 38 heavy (non-hydrogen) atoms. The highest BCUT2D eigenvalue weighted by Crippen LogP contribution is 2.51. The van der Waals surface area contributed by atoms with Crippen molar-refractivity contribution in [2.75, 3.05) is 19.6 Å². The number of cyclic esters (lactones) is 1. The van der Waals surface area contributed by atoms with Crippen LogP contribution in [-0.2, 0) is 23.1 Å². The van der Waals surface area contributed by atoms with Crippen LogP contribution in [0, 0.1) is 11.8 Å². The second-order valence-electron chi connectivity index (χ2n) is 10.9. The molecule has 0 spiro atoms.